The average Bonchev–Trinajstić information content (AvgIpc) is 2.72. The summed E-state index contributed by atoms with van der Waals surface area (Å²) in [5, 5.41) is 3.47. The van der Waals surface area contributed by atoms with Crippen LogP contribution in [0.15, 0.2) is 0 Å². The van der Waals surface area contributed by atoms with E-state index in [4.69, 9.17) is 0 Å². The van der Waals surface area contributed by atoms with E-state index < -0.39 is 0 Å². The van der Waals surface area contributed by atoms with Gasteiger partial charge in [0.15, 0.2) is 0 Å². The maximum atomic E-state index is 12.5. The van der Waals surface area contributed by atoms with Crippen LogP contribution >= 0.6 is 0 Å². The van der Waals surface area contributed by atoms with Gasteiger partial charge in [-0.05, 0) is 25.2 Å². The summed E-state index contributed by atoms with van der Waals surface area (Å²) in [7, 11) is 0. The SMILES string of the molecule is CCC(C)C1NC(C)N(CCC2CCCCC2)C1=O. The van der Waals surface area contributed by atoms with E-state index in [-0.39, 0.29) is 12.2 Å². The molecule has 2 rings (SSSR count). The van der Waals surface area contributed by atoms with Crippen LogP contribution in [0.5, 0.6) is 0 Å². The molecule has 1 saturated carbocycles. The normalized spacial score (nSPS) is 30.9. The fraction of sp³-hybridized carbons (Fsp3) is 0.938. The molecule has 0 bridgehead atoms. The third-order valence-electron chi connectivity index (χ3n) is 5.15. The monoisotopic (exact) mass is 266 g/mol. The minimum Gasteiger partial charge on any atom is -0.326 e. The van der Waals surface area contributed by atoms with E-state index in [0.29, 0.717) is 11.8 Å². The maximum Gasteiger partial charge on any atom is 0.241 e. The van der Waals surface area contributed by atoms with Gasteiger partial charge >= 0.3 is 0 Å². The highest BCUT2D eigenvalue weighted by atomic mass is 16.2. The fourth-order valence-electron chi connectivity index (χ4n) is 3.54. The van der Waals surface area contributed by atoms with Gasteiger partial charge in [0.2, 0.25) is 5.91 Å². The van der Waals surface area contributed by atoms with E-state index >= 15 is 0 Å². The first-order valence-corrected chi connectivity index (χ1v) is 8.20. The molecule has 3 heteroatoms. The summed E-state index contributed by atoms with van der Waals surface area (Å²) in [4.78, 5) is 14.5. The highest BCUT2D eigenvalue weighted by Gasteiger charge is 2.38. The molecule has 1 amide bonds. The van der Waals surface area contributed by atoms with E-state index in [9.17, 15) is 4.79 Å². The number of carbonyl (C=O) groups excluding carboxylic acids is 1. The van der Waals surface area contributed by atoms with E-state index in [1.54, 1.807) is 0 Å². The highest BCUT2D eigenvalue weighted by molar-refractivity contribution is 5.84. The van der Waals surface area contributed by atoms with Crippen molar-refractivity contribution in [3.05, 3.63) is 0 Å². The number of hydrogen-bond donors (Lipinski definition) is 1. The first kappa shape index (κ1) is 14.8. The van der Waals surface area contributed by atoms with Crippen LogP contribution < -0.4 is 5.32 Å². The first-order chi connectivity index (χ1) is 9.13. The molecule has 0 spiro atoms. The lowest BCUT2D eigenvalue weighted by atomic mass is 9.87. The zero-order chi connectivity index (χ0) is 13.8. The predicted octanol–water partition coefficient (Wildman–Crippen LogP) is 3.15. The molecule has 0 aromatic carbocycles. The van der Waals surface area contributed by atoms with Crippen LogP contribution in [0.1, 0.15) is 65.7 Å². The van der Waals surface area contributed by atoms with Crippen LogP contribution in [0.4, 0.5) is 0 Å². The largest absolute Gasteiger partial charge is 0.326 e. The third kappa shape index (κ3) is 3.50. The number of nitrogens with zero attached hydrogens (tertiary/aromatic N) is 1. The van der Waals surface area contributed by atoms with Gasteiger partial charge in [-0.3, -0.25) is 10.1 Å². The van der Waals surface area contributed by atoms with Crippen molar-refractivity contribution in [3.63, 3.8) is 0 Å². The molecule has 1 aliphatic carbocycles. The summed E-state index contributed by atoms with van der Waals surface area (Å²) in [6.07, 6.45) is 9.42. The summed E-state index contributed by atoms with van der Waals surface area (Å²) in [5.74, 6) is 1.63. The molecule has 3 nitrogen and oxygen atoms in total. The van der Waals surface area contributed by atoms with E-state index in [0.717, 1.165) is 18.9 Å². The van der Waals surface area contributed by atoms with Crippen LogP contribution in [0.3, 0.4) is 0 Å². The van der Waals surface area contributed by atoms with Crippen molar-refractivity contribution in [1.82, 2.24) is 10.2 Å². The third-order valence-corrected chi connectivity index (χ3v) is 5.15. The molecule has 1 saturated heterocycles. The Balaban J connectivity index is 1.84. The average molecular weight is 266 g/mol. The molecular formula is C16H30N2O. The smallest absolute Gasteiger partial charge is 0.241 e. The predicted molar refractivity (Wildman–Crippen MR) is 78.7 cm³/mol. The Kier molecular flexibility index (Phi) is 5.26. The van der Waals surface area contributed by atoms with Crippen LogP contribution in [0.25, 0.3) is 0 Å². The Morgan fingerprint density at radius 3 is 2.63 bits per heavy atom. The van der Waals surface area contributed by atoms with Crippen LogP contribution in [-0.2, 0) is 4.79 Å². The molecule has 1 aliphatic heterocycles. The zero-order valence-corrected chi connectivity index (χ0v) is 12.8. The van der Waals surface area contributed by atoms with E-state index in [1.807, 2.05) is 0 Å². The summed E-state index contributed by atoms with van der Waals surface area (Å²) in [5.41, 5.74) is 0. The molecule has 0 aromatic rings. The first-order valence-electron chi connectivity index (χ1n) is 8.20. The quantitative estimate of drug-likeness (QED) is 0.829. The molecule has 1 heterocycles. The Morgan fingerprint density at radius 2 is 2.00 bits per heavy atom. The second kappa shape index (κ2) is 6.74. The minimum atomic E-state index is 0.0476. The lowest BCUT2D eigenvalue weighted by Gasteiger charge is -2.26. The molecule has 1 N–H and O–H groups in total. The topological polar surface area (TPSA) is 32.3 Å². The molecule has 2 aliphatic rings. The lowest BCUT2D eigenvalue weighted by molar-refractivity contribution is -0.130. The lowest BCUT2D eigenvalue weighted by Crippen LogP contribution is -2.36. The van der Waals surface area contributed by atoms with Crippen molar-refractivity contribution in [2.75, 3.05) is 6.54 Å². The zero-order valence-electron chi connectivity index (χ0n) is 12.8. The summed E-state index contributed by atoms with van der Waals surface area (Å²) in [6, 6.07) is 0.0476. The molecule has 0 aromatic heterocycles. The molecule has 3 unspecified atom stereocenters. The summed E-state index contributed by atoms with van der Waals surface area (Å²) in [6.45, 7) is 7.41. The highest BCUT2D eigenvalue weighted by Crippen LogP contribution is 2.27. The Bertz CT molecular complexity index is 299. The van der Waals surface area contributed by atoms with Crippen molar-refractivity contribution >= 4 is 5.91 Å². The van der Waals surface area contributed by atoms with Crippen molar-refractivity contribution in [3.8, 4) is 0 Å². The van der Waals surface area contributed by atoms with E-state index in [2.05, 4.69) is 31.0 Å². The van der Waals surface area contributed by atoms with Gasteiger partial charge in [0.25, 0.3) is 0 Å². The molecule has 3 atom stereocenters. The summed E-state index contributed by atoms with van der Waals surface area (Å²) >= 11 is 0. The minimum absolute atomic E-state index is 0.0476. The number of hydrogen-bond acceptors (Lipinski definition) is 2. The van der Waals surface area contributed by atoms with Crippen molar-refractivity contribution in [1.29, 1.82) is 0 Å². The number of amides is 1. The Morgan fingerprint density at radius 1 is 1.32 bits per heavy atom. The second-order valence-electron chi connectivity index (χ2n) is 6.53. The molecule has 110 valence electrons. The number of rotatable bonds is 5. The Labute approximate surface area is 118 Å². The van der Waals surface area contributed by atoms with Crippen molar-refractivity contribution in [2.45, 2.75) is 77.9 Å². The Hall–Kier alpha value is -0.570. The van der Waals surface area contributed by atoms with Crippen LogP contribution in [-0.4, -0.2) is 29.6 Å². The van der Waals surface area contributed by atoms with Gasteiger partial charge in [-0.1, -0.05) is 52.4 Å². The summed E-state index contributed by atoms with van der Waals surface area (Å²) < 4.78 is 0. The molecule has 2 fully saturated rings. The van der Waals surface area contributed by atoms with Gasteiger partial charge in [-0.25, -0.2) is 0 Å². The molecular weight excluding hydrogens is 236 g/mol. The standard InChI is InChI=1S/C16H30N2O/c1-4-12(2)15-16(19)18(13(3)17-15)11-10-14-8-6-5-7-9-14/h12-15,17H,4-11H2,1-3H3. The number of carbonyl (C=O) groups is 1. The fourth-order valence-corrected chi connectivity index (χ4v) is 3.54. The van der Waals surface area contributed by atoms with E-state index in [1.165, 1.54) is 38.5 Å². The van der Waals surface area contributed by atoms with Gasteiger partial charge in [-0.2, -0.15) is 0 Å². The maximum absolute atomic E-state index is 12.5. The van der Waals surface area contributed by atoms with Crippen LogP contribution in [0.2, 0.25) is 0 Å². The van der Waals surface area contributed by atoms with Gasteiger partial charge in [0.1, 0.15) is 0 Å². The van der Waals surface area contributed by atoms with Gasteiger partial charge in [-0.15, -0.1) is 0 Å². The molecule has 0 radical (unpaired) electrons. The molecule has 19 heavy (non-hydrogen) atoms. The van der Waals surface area contributed by atoms with Crippen molar-refractivity contribution < 1.29 is 4.79 Å². The van der Waals surface area contributed by atoms with Gasteiger partial charge < -0.3 is 4.90 Å². The van der Waals surface area contributed by atoms with Gasteiger partial charge in [0, 0.05) is 6.54 Å². The van der Waals surface area contributed by atoms with Gasteiger partial charge in [0.05, 0.1) is 12.2 Å². The second-order valence-corrected chi connectivity index (χ2v) is 6.53. The van der Waals surface area contributed by atoms with Crippen LogP contribution in [0, 0.1) is 11.8 Å². The van der Waals surface area contributed by atoms with Crippen molar-refractivity contribution in [2.24, 2.45) is 11.8 Å². The number of nitrogens with one attached hydrogen (secondary N) is 1.